The van der Waals surface area contributed by atoms with Crippen molar-refractivity contribution in [2.75, 3.05) is 6.54 Å². The van der Waals surface area contributed by atoms with Gasteiger partial charge in [-0.05, 0) is 55.9 Å². The van der Waals surface area contributed by atoms with Crippen LogP contribution in [0.25, 0.3) is 16.9 Å². The van der Waals surface area contributed by atoms with Crippen LogP contribution >= 0.6 is 0 Å². The molecule has 1 saturated carbocycles. The van der Waals surface area contributed by atoms with Gasteiger partial charge in [0, 0.05) is 29.8 Å². The van der Waals surface area contributed by atoms with Crippen molar-refractivity contribution < 1.29 is 18.0 Å². The summed E-state index contributed by atoms with van der Waals surface area (Å²) in [5, 5.41) is 4.22. The normalized spacial score (nSPS) is 24.5. The van der Waals surface area contributed by atoms with Crippen molar-refractivity contribution in [2.24, 2.45) is 11.8 Å². The van der Waals surface area contributed by atoms with Gasteiger partial charge >= 0.3 is 6.18 Å². The van der Waals surface area contributed by atoms with Crippen LogP contribution in [0.1, 0.15) is 66.3 Å². The maximum absolute atomic E-state index is 14.3. The lowest BCUT2D eigenvalue weighted by molar-refractivity contribution is -0.143. The summed E-state index contributed by atoms with van der Waals surface area (Å²) in [7, 11) is 0. The molecule has 2 aliphatic carbocycles. The Morgan fingerprint density at radius 1 is 1.09 bits per heavy atom. The first-order chi connectivity index (χ1) is 16.3. The topological polar surface area (TPSA) is 50.5 Å². The Kier molecular flexibility index (Phi) is 4.97. The lowest BCUT2D eigenvalue weighted by Gasteiger charge is -2.47. The number of fused-ring (bicyclic) bond motifs is 5. The SMILES string of the molecule is C[C@@H]1CCC[C@H]2CCCN(C(=O)c3cc4nc5c(c(C(F)(F)F)n4n3)CCc3ccccc3-5)[C@H]21. The molecule has 8 heteroatoms. The number of carbonyl (C=O) groups excluding carboxylic acids is 1. The highest BCUT2D eigenvalue weighted by atomic mass is 19.4. The van der Waals surface area contributed by atoms with Gasteiger partial charge in [-0.2, -0.15) is 18.3 Å². The van der Waals surface area contributed by atoms with Gasteiger partial charge in [0.25, 0.3) is 5.91 Å². The zero-order valence-corrected chi connectivity index (χ0v) is 19.1. The first kappa shape index (κ1) is 21.6. The van der Waals surface area contributed by atoms with Crippen LogP contribution in [-0.4, -0.2) is 38.0 Å². The van der Waals surface area contributed by atoms with Crippen molar-refractivity contribution in [1.29, 1.82) is 0 Å². The second-order valence-corrected chi connectivity index (χ2v) is 10.0. The van der Waals surface area contributed by atoms with Crippen molar-refractivity contribution in [3.63, 3.8) is 0 Å². The number of aromatic nitrogens is 3. The molecule has 0 bridgehead atoms. The molecule has 2 fully saturated rings. The molecule has 1 amide bonds. The minimum Gasteiger partial charge on any atom is -0.334 e. The zero-order chi connectivity index (χ0) is 23.6. The Balaban J connectivity index is 1.48. The van der Waals surface area contributed by atoms with Gasteiger partial charge in [0.2, 0.25) is 0 Å². The Bertz CT molecular complexity index is 1280. The number of benzene rings is 1. The van der Waals surface area contributed by atoms with Gasteiger partial charge in [0.1, 0.15) is 0 Å². The van der Waals surface area contributed by atoms with Crippen LogP contribution in [0.3, 0.4) is 0 Å². The zero-order valence-electron chi connectivity index (χ0n) is 19.1. The molecule has 3 atom stereocenters. The summed E-state index contributed by atoms with van der Waals surface area (Å²) >= 11 is 0. The number of nitrogens with zero attached hydrogens (tertiary/aromatic N) is 4. The van der Waals surface area contributed by atoms with Crippen LogP contribution in [0.5, 0.6) is 0 Å². The maximum atomic E-state index is 14.3. The summed E-state index contributed by atoms with van der Waals surface area (Å²) in [5.74, 6) is 0.569. The van der Waals surface area contributed by atoms with E-state index in [-0.39, 0.29) is 35.3 Å². The Morgan fingerprint density at radius 2 is 1.88 bits per heavy atom. The van der Waals surface area contributed by atoms with E-state index in [9.17, 15) is 18.0 Å². The molecule has 0 unspecified atom stereocenters. The molecule has 1 aromatic carbocycles. The van der Waals surface area contributed by atoms with Crippen LogP contribution in [0.2, 0.25) is 0 Å². The molecule has 3 aliphatic rings. The number of halogens is 3. The van der Waals surface area contributed by atoms with Crippen LogP contribution in [0, 0.1) is 11.8 Å². The minimum atomic E-state index is -4.61. The highest BCUT2D eigenvalue weighted by Gasteiger charge is 2.42. The van der Waals surface area contributed by atoms with Gasteiger partial charge < -0.3 is 4.90 Å². The lowest BCUT2D eigenvalue weighted by atomic mass is 9.73. The molecule has 0 N–H and O–H groups in total. The molecule has 3 aromatic rings. The predicted octanol–water partition coefficient (Wildman–Crippen LogP) is 5.55. The second kappa shape index (κ2) is 7.82. The van der Waals surface area contributed by atoms with Crippen molar-refractivity contribution in [3.8, 4) is 11.3 Å². The Morgan fingerprint density at radius 3 is 2.71 bits per heavy atom. The second-order valence-electron chi connectivity index (χ2n) is 10.0. The highest BCUT2D eigenvalue weighted by Crippen LogP contribution is 2.42. The summed E-state index contributed by atoms with van der Waals surface area (Å²) < 4.78 is 43.9. The number of piperidine rings is 1. The number of rotatable bonds is 1. The number of hydrogen-bond donors (Lipinski definition) is 0. The first-order valence-corrected chi connectivity index (χ1v) is 12.2. The molecule has 1 saturated heterocycles. The molecule has 5 nitrogen and oxygen atoms in total. The van der Waals surface area contributed by atoms with Crippen molar-refractivity contribution in [1.82, 2.24) is 19.5 Å². The molecule has 0 spiro atoms. The molecule has 34 heavy (non-hydrogen) atoms. The van der Waals surface area contributed by atoms with E-state index < -0.39 is 11.9 Å². The van der Waals surface area contributed by atoms with Crippen LogP contribution in [0.4, 0.5) is 13.2 Å². The molecule has 3 heterocycles. The van der Waals surface area contributed by atoms with Crippen LogP contribution in [-0.2, 0) is 19.0 Å². The maximum Gasteiger partial charge on any atom is 0.433 e. The first-order valence-electron chi connectivity index (χ1n) is 12.2. The third kappa shape index (κ3) is 3.33. The smallest absolute Gasteiger partial charge is 0.334 e. The molecular formula is C26H27F3N4O. The molecule has 2 aromatic heterocycles. The van der Waals surface area contributed by atoms with E-state index in [0.29, 0.717) is 30.5 Å². The van der Waals surface area contributed by atoms with Crippen LogP contribution in [0.15, 0.2) is 30.3 Å². The van der Waals surface area contributed by atoms with Gasteiger partial charge in [-0.15, -0.1) is 0 Å². The lowest BCUT2D eigenvalue weighted by Crippen LogP contribution is -2.53. The van der Waals surface area contributed by atoms with E-state index in [2.05, 4.69) is 17.0 Å². The molecule has 6 rings (SSSR count). The molecule has 0 radical (unpaired) electrons. The average molecular weight is 469 g/mol. The number of carbonyl (C=O) groups is 1. The van der Waals surface area contributed by atoms with E-state index in [1.165, 1.54) is 12.5 Å². The third-order valence-corrected chi connectivity index (χ3v) is 8.00. The monoisotopic (exact) mass is 468 g/mol. The Labute approximate surface area is 196 Å². The van der Waals surface area contributed by atoms with Gasteiger partial charge in [-0.3, -0.25) is 4.79 Å². The van der Waals surface area contributed by atoms with Crippen molar-refractivity contribution in [3.05, 3.63) is 52.8 Å². The molecular weight excluding hydrogens is 441 g/mol. The van der Waals surface area contributed by atoms with E-state index >= 15 is 0 Å². The summed E-state index contributed by atoms with van der Waals surface area (Å²) in [5.41, 5.74) is 1.51. The predicted molar refractivity (Wildman–Crippen MR) is 121 cm³/mol. The number of likely N-dealkylation sites (tertiary alicyclic amines) is 1. The van der Waals surface area contributed by atoms with Gasteiger partial charge in [0.05, 0.1) is 5.69 Å². The average Bonchev–Trinajstić information content (AvgIpc) is 3.24. The fraction of sp³-hybridized carbons (Fsp3) is 0.500. The fourth-order valence-corrected chi connectivity index (χ4v) is 6.56. The minimum absolute atomic E-state index is 0.0482. The Hall–Kier alpha value is -2.90. The van der Waals surface area contributed by atoms with Crippen molar-refractivity contribution >= 4 is 11.6 Å². The van der Waals surface area contributed by atoms with Gasteiger partial charge in [-0.25, -0.2) is 9.50 Å². The van der Waals surface area contributed by atoms with Crippen LogP contribution < -0.4 is 0 Å². The standard InChI is InChI=1S/C26H27F3N4O/c1-15-6-4-8-17-9-5-13-32(23(15)17)25(34)20-14-21-30-22-18-10-3-2-7-16(18)11-12-19(22)24(26(27,28)29)33(21)31-20/h2-3,7,10,14-15,17,23H,4-6,8-9,11-13H2,1H3/t15-,17+,23+/m1/s1. The van der Waals surface area contributed by atoms with E-state index in [1.54, 1.807) is 0 Å². The van der Waals surface area contributed by atoms with E-state index in [1.807, 2.05) is 29.2 Å². The largest absolute Gasteiger partial charge is 0.433 e. The summed E-state index contributed by atoms with van der Waals surface area (Å²) in [6.07, 6.45) is 1.52. The summed E-state index contributed by atoms with van der Waals surface area (Å²) in [6, 6.07) is 9.03. The summed E-state index contributed by atoms with van der Waals surface area (Å²) in [6.45, 7) is 2.81. The van der Waals surface area contributed by atoms with Gasteiger partial charge in [-0.1, -0.05) is 37.6 Å². The summed E-state index contributed by atoms with van der Waals surface area (Å²) in [4.78, 5) is 20.1. The van der Waals surface area contributed by atoms with Crippen molar-refractivity contribution in [2.45, 2.75) is 64.1 Å². The molecule has 1 aliphatic heterocycles. The quantitative estimate of drug-likeness (QED) is 0.470. The number of alkyl halides is 3. The number of aryl methyl sites for hydroxylation is 1. The number of hydrogen-bond acceptors (Lipinski definition) is 3. The molecule has 178 valence electrons. The highest BCUT2D eigenvalue weighted by molar-refractivity contribution is 5.94. The fourth-order valence-electron chi connectivity index (χ4n) is 6.56. The third-order valence-electron chi connectivity index (χ3n) is 8.00. The van der Waals surface area contributed by atoms with E-state index in [4.69, 9.17) is 0 Å². The van der Waals surface area contributed by atoms with E-state index in [0.717, 1.165) is 41.3 Å². The number of amides is 1. The van der Waals surface area contributed by atoms with Gasteiger partial charge in [0.15, 0.2) is 17.0 Å².